The molecule has 0 bridgehead atoms. The molecule has 0 atom stereocenters. The Kier molecular flexibility index (Phi) is 4.24. The fraction of sp³-hybridized carbons (Fsp3) is 0.421. The molecule has 136 valence electrons. The molecule has 7 nitrogen and oxygen atoms in total. The highest BCUT2D eigenvalue weighted by atomic mass is 16.3. The SMILES string of the molecule is CN1C(=O)N(Cc2cccnc2)C(=O)C12CCN(Cc1ccoc1)CC2. The molecule has 26 heavy (non-hydrogen) atoms. The van der Waals surface area contributed by atoms with Gasteiger partial charge >= 0.3 is 6.03 Å². The number of pyridine rings is 1. The molecule has 2 aromatic heterocycles. The maximum absolute atomic E-state index is 13.1. The quantitative estimate of drug-likeness (QED) is 0.787. The Bertz CT molecular complexity index is 782. The zero-order valence-electron chi connectivity index (χ0n) is 14.8. The van der Waals surface area contributed by atoms with Gasteiger partial charge in [0, 0.05) is 44.6 Å². The molecular formula is C19H22N4O3. The molecule has 4 rings (SSSR count). The van der Waals surface area contributed by atoms with E-state index in [4.69, 9.17) is 4.42 Å². The zero-order valence-corrected chi connectivity index (χ0v) is 14.8. The molecule has 2 fully saturated rings. The van der Waals surface area contributed by atoms with Crippen LogP contribution in [0.3, 0.4) is 0 Å². The van der Waals surface area contributed by atoms with Gasteiger partial charge in [0.25, 0.3) is 5.91 Å². The van der Waals surface area contributed by atoms with Crippen molar-refractivity contribution in [1.29, 1.82) is 0 Å². The maximum Gasteiger partial charge on any atom is 0.327 e. The molecule has 0 radical (unpaired) electrons. The number of imide groups is 1. The van der Waals surface area contributed by atoms with Crippen LogP contribution in [0.1, 0.15) is 24.0 Å². The lowest BCUT2D eigenvalue weighted by Gasteiger charge is -2.40. The van der Waals surface area contributed by atoms with Crippen LogP contribution in [-0.4, -0.2) is 57.3 Å². The molecule has 7 heteroatoms. The molecule has 1 spiro atoms. The van der Waals surface area contributed by atoms with Crippen molar-refractivity contribution in [2.45, 2.75) is 31.5 Å². The predicted molar refractivity (Wildman–Crippen MR) is 93.9 cm³/mol. The fourth-order valence-corrected chi connectivity index (χ4v) is 3.93. The number of hydrogen-bond acceptors (Lipinski definition) is 5. The van der Waals surface area contributed by atoms with Crippen LogP contribution in [0.15, 0.2) is 47.5 Å². The first-order chi connectivity index (χ1) is 12.6. The zero-order chi connectivity index (χ0) is 18.1. The molecule has 4 heterocycles. The van der Waals surface area contributed by atoms with E-state index in [2.05, 4.69) is 9.88 Å². The van der Waals surface area contributed by atoms with Gasteiger partial charge in [-0.15, -0.1) is 0 Å². The van der Waals surface area contributed by atoms with Gasteiger partial charge in [-0.25, -0.2) is 4.79 Å². The van der Waals surface area contributed by atoms with Crippen molar-refractivity contribution in [3.05, 3.63) is 54.2 Å². The number of carbonyl (C=O) groups is 2. The van der Waals surface area contributed by atoms with Gasteiger partial charge < -0.3 is 9.32 Å². The number of rotatable bonds is 4. The number of carbonyl (C=O) groups excluding carboxylic acids is 2. The molecule has 0 saturated carbocycles. The van der Waals surface area contributed by atoms with Gasteiger partial charge in [0.15, 0.2) is 0 Å². The fourth-order valence-electron chi connectivity index (χ4n) is 3.93. The standard InChI is InChI=1S/C19H22N4O3/c1-21-18(25)23(13-15-3-2-7-20-11-15)17(24)19(21)5-8-22(9-6-19)12-16-4-10-26-14-16/h2-4,7,10-11,14H,5-6,8-9,12-13H2,1H3. The van der Waals surface area contributed by atoms with Gasteiger partial charge in [-0.1, -0.05) is 6.07 Å². The van der Waals surface area contributed by atoms with E-state index < -0.39 is 5.54 Å². The van der Waals surface area contributed by atoms with Gasteiger partial charge in [0.1, 0.15) is 5.54 Å². The summed E-state index contributed by atoms with van der Waals surface area (Å²) in [6, 6.07) is 5.43. The second kappa shape index (κ2) is 6.57. The Morgan fingerprint density at radius 2 is 1.96 bits per heavy atom. The average Bonchev–Trinajstić information content (AvgIpc) is 3.23. The highest BCUT2D eigenvalue weighted by Crippen LogP contribution is 2.37. The van der Waals surface area contributed by atoms with Crippen molar-refractivity contribution in [3.8, 4) is 0 Å². The third kappa shape index (κ3) is 2.78. The first-order valence-corrected chi connectivity index (χ1v) is 8.82. The Morgan fingerprint density at radius 1 is 1.15 bits per heavy atom. The van der Waals surface area contributed by atoms with Gasteiger partial charge in [0.05, 0.1) is 19.1 Å². The first kappa shape index (κ1) is 16.8. The van der Waals surface area contributed by atoms with Crippen LogP contribution in [0, 0.1) is 0 Å². The van der Waals surface area contributed by atoms with Crippen LogP contribution >= 0.6 is 0 Å². The number of hydrogen-bond donors (Lipinski definition) is 0. The molecular weight excluding hydrogens is 332 g/mol. The number of amides is 3. The molecule has 0 aliphatic carbocycles. The van der Waals surface area contributed by atoms with E-state index in [1.165, 1.54) is 4.90 Å². The lowest BCUT2D eigenvalue weighted by Crippen LogP contribution is -2.55. The van der Waals surface area contributed by atoms with E-state index in [9.17, 15) is 9.59 Å². The van der Waals surface area contributed by atoms with E-state index in [0.29, 0.717) is 12.8 Å². The Labute approximate surface area is 152 Å². The van der Waals surface area contributed by atoms with Gasteiger partial charge in [-0.2, -0.15) is 0 Å². The molecule has 0 aromatic carbocycles. The minimum Gasteiger partial charge on any atom is -0.472 e. The Hall–Kier alpha value is -2.67. The Balaban J connectivity index is 1.46. The Morgan fingerprint density at radius 3 is 2.62 bits per heavy atom. The number of likely N-dealkylation sites (N-methyl/N-ethyl adjacent to an activating group) is 1. The van der Waals surface area contributed by atoms with Crippen LogP contribution in [0.4, 0.5) is 4.79 Å². The summed E-state index contributed by atoms with van der Waals surface area (Å²) in [6.45, 7) is 2.62. The van der Waals surface area contributed by atoms with E-state index in [1.807, 2.05) is 18.2 Å². The number of urea groups is 1. The highest BCUT2D eigenvalue weighted by molar-refractivity contribution is 6.06. The summed E-state index contributed by atoms with van der Waals surface area (Å²) in [4.78, 5) is 35.2. The molecule has 2 aliphatic rings. The van der Waals surface area contributed by atoms with Gasteiger partial charge in [-0.3, -0.25) is 19.6 Å². The molecule has 2 aromatic rings. The van der Waals surface area contributed by atoms with Crippen molar-refractivity contribution in [2.75, 3.05) is 20.1 Å². The number of nitrogens with zero attached hydrogens (tertiary/aromatic N) is 4. The summed E-state index contributed by atoms with van der Waals surface area (Å²) in [5.74, 6) is -0.0863. The van der Waals surface area contributed by atoms with Crippen LogP contribution in [0.25, 0.3) is 0 Å². The molecule has 2 saturated heterocycles. The predicted octanol–water partition coefficient (Wildman–Crippen LogP) is 2.10. The topological polar surface area (TPSA) is 69.9 Å². The molecule has 0 N–H and O–H groups in total. The summed E-state index contributed by atoms with van der Waals surface area (Å²) in [6.07, 6.45) is 8.09. The molecule has 3 amide bonds. The number of likely N-dealkylation sites (tertiary alicyclic amines) is 1. The number of furan rings is 1. The highest BCUT2D eigenvalue weighted by Gasteiger charge is 2.56. The van der Waals surface area contributed by atoms with Crippen LogP contribution in [0.5, 0.6) is 0 Å². The summed E-state index contributed by atoms with van der Waals surface area (Å²) < 4.78 is 5.12. The average molecular weight is 354 g/mol. The van der Waals surface area contributed by atoms with Crippen molar-refractivity contribution >= 4 is 11.9 Å². The number of piperidine rings is 1. The second-order valence-electron chi connectivity index (χ2n) is 7.03. The first-order valence-electron chi connectivity index (χ1n) is 8.82. The van der Waals surface area contributed by atoms with E-state index in [-0.39, 0.29) is 18.5 Å². The minimum absolute atomic E-state index is 0.0863. The third-order valence-electron chi connectivity index (χ3n) is 5.54. The number of aromatic nitrogens is 1. The van der Waals surface area contributed by atoms with E-state index >= 15 is 0 Å². The van der Waals surface area contributed by atoms with Gasteiger partial charge in [0.2, 0.25) is 0 Å². The maximum atomic E-state index is 13.1. The minimum atomic E-state index is -0.716. The summed E-state index contributed by atoms with van der Waals surface area (Å²) >= 11 is 0. The molecule has 2 aliphatic heterocycles. The van der Waals surface area contributed by atoms with Crippen molar-refractivity contribution in [2.24, 2.45) is 0 Å². The lowest BCUT2D eigenvalue weighted by atomic mass is 9.86. The summed E-state index contributed by atoms with van der Waals surface area (Å²) in [5, 5.41) is 0. The lowest BCUT2D eigenvalue weighted by molar-refractivity contribution is -0.135. The van der Waals surface area contributed by atoms with Crippen molar-refractivity contribution in [3.63, 3.8) is 0 Å². The summed E-state index contributed by atoms with van der Waals surface area (Å²) in [7, 11) is 1.75. The summed E-state index contributed by atoms with van der Waals surface area (Å²) in [5.41, 5.74) is 1.27. The largest absolute Gasteiger partial charge is 0.472 e. The van der Waals surface area contributed by atoms with Crippen molar-refractivity contribution < 1.29 is 14.0 Å². The van der Waals surface area contributed by atoms with Crippen LogP contribution < -0.4 is 0 Å². The third-order valence-corrected chi connectivity index (χ3v) is 5.54. The monoisotopic (exact) mass is 354 g/mol. The normalized spacial score (nSPS) is 20.3. The van der Waals surface area contributed by atoms with Gasteiger partial charge in [-0.05, 0) is 30.5 Å². The second-order valence-corrected chi connectivity index (χ2v) is 7.03. The van der Waals surface area contributed by atoms with E-state index in [1.54, 1.807) is 36.9 Å². The van der Waals surface area contributed by atoms with Crippen LogP contribution in [0.2, 0.25) is 0 Å². The smallest absolute Gasteiger partial charge is 0.327 e. The van der Waals surface area contributed by atoms with Crippen LogP contribution in [-0.2, 0) is 17.9 Å². The molecule has 0 unspecified atom stereocenters. The van der Waals surface area contributed by atoms with E-state index in [0.717, 1.165) is 30.8 Å². The van der Waals surface area contributed by atoms with Crippen molar-refractivity contribution in [1.82, 2.24) is 19.7 Å².